The third-order valence-corrected chi connectivity index (χ3v) is 6.51. The van der Waals surface area contributed by atoms with Gasteiger partial charge in [0, 0.05) is 24.6 Å². The maximum Gasteiger partial charge on any atom is 0.408 e. The highest BCUT2D eigenvalue weighted by Gasteiger charge is 2.52. The van der Waals surface area contributed by atoms with Crippen LogP contribution in [0.5, 0.6) is 5.75 Å². The van der Waals surface area contributed by atoms with Gasteiger partial charge in [-0.05, 0) is 30.9 Å². The zero-order valence-corrected chi connectivity index (χ0v) is 17.4. The van der Waals surface area contributed by atoms with Crippen LogP contribution < -0.4 is 10.1 Å². The highest BCUT2D eigenvalue weighted by atomic mass is 16.5. The van der Waals surface area contributed by atoms with Crippen molar-refractivity contribution < 1.29 is 19.4 Å². The van der Waals surface area contributed by atoms with Gasteiger partial charge < -0.3 is 15.2 Å². The Hall–Kier alpha value is -2.28. The molecule has 0 saturated carbocycles. The molecule has 1 unspecified atom stereocenters. The fraction of sp³-hybridized carbons (Fsp3) is 0.636. The number of amides is 2. The molecular weight excluding hydrogens is 370 g/mol. The highest BCUT2D eigenvalue weighted by Crippen LogP contribution is 2.39. The maximum absolute atomic E-state index is 13.4. The number of hydrogen-bond acceptors (Lipinski definition) is 4. The standard InChI is InChI=1S/C22H31N3O4/c1-22(2,3)19-16-8-6-11-24(16)13-17(25(19)21(27)28)20(26)23-15-10-12-29-18-9-5-4-7-14(15)18/h4-5,7,9,15-17,19H,6,8,10-13H2,1-3H3,(H,23,26)(H,27,28)/t15-,16+,17+,19?/m1/s1. The second-order valence-corrected chi connectivity index (χ2v) is 9.46. The normalized spacial score (nSPS) is 29.6. The van der Waals surface area contributed by atoms with Crippen LogP contribution in [-0.4, -0.2) is 64.7 Å². The smallest absolute Gasteiger partial charge is 0.408 e. The quantitative estimate of drug-likeness (QED) is 0.796. The van der Waals surface area contributed by atoms with Gasteiger partial charge in [0.1, 0.15) is 11.8 Å². The molecule has 2 N–H and O–H groups in total. The Morgan fingerprint density at radius 3 is 2.69 bits per heavy atom. The number of carbonyl (C=O) groups is 2. The Morgan fingerprint density at radius 2 is 1.97 bits per heavy atom. The fourth-order valence-electron chi connectivity index (χ4n) is 5.34. The molecule has 0 radical (unpaired) electrons. The summed E-state index contributed by atoms with van der Waals surface area (Å²) in [6.07, 6.45) is 1.70. The van der Waals surface area contributed by atoms with Gasteiger partial charge in [-0.2, -0.15) is 0 Å². The lowest BCUT2D eigenvalue weighted by Gasteiger charge is -2.52. The number of rotatable bonds is 2. The van der Waals surface area contributed by atoms with Crippen molar-refractivity contribution in [2.75, 3.05) is 19.7 Å². The van der Waals surface area contributed by atoms with Crippen LogP contribution in [0.25, 0.3) is 0 Å². The molecule has 0 aromatic heterocycles. The summed E-state index contributed by atoms with van der Waals surface area (Å²) in [6.45, 7) is 8.13. The van der Waals surface area contributed by atoms with E-state index in [0.29, 0.717) is 19.6 Å². The average Bonchev–Trinajstić information content (AvgIpc) is 3.14. The van der Waals surface area contributed by atoms with Gasteiger partial charge in [-0.25, -0.2) is 4.79 Å². The molecule has 2 amide bonds. The first kappa shape index (κ1) is 20.0. The second kappa shape index (κ2) is 7.52. The van der Waals surface area contributed by atoms with Crippen molar-refractivity contribution in [3.63, 3.8) is 0 Å². The summed E-state index contributed by atoms with van der Waals surface area (Å²) in [7, 11) is 0. The summed E-state index contributed by atoms with van der Waals surface area (Å²) in [5.41, 5.74) is 0.701. The molecule has 0 spiro atoms. The van der Waals surface area contributed by atoms with E-state index in [2.05, 4.69) is 31.0 Å². The van der Waals surface area contributed by atoms with E-state index in [1.807, 2.05) is 24.3 Å². The molecule has 0 bridgehead atoms. The van der Waals surface area contributed by atoms with Crippen molar-refractivity contribution in [2.24, 2.45) is 5.41 Å². The summed E-state index contributed by atoms with van der Waals surface area (Å²) < 4.78 is 5.69. The average molecular weight is 402 g/mol. The van der Waals surface area contributed by atoms with Crippen molar-refractivity contribution in [3.8, 4) is 5.75 Å². The van der Waals surface area contributed by atoms with Crippen molar-refractivity contribution >= 4 is 12.0 Å². The molecule has 4 atom stereocenters. The molecule has 0 aliphatic carbocycles. The number of piperazine rings is 1. The number of nitrogens with one attached hydrogen (secondary N) is 1. The summed E-state index contributed by atoms with van der Waals surface area (Å²) in [5.74, 6) is 0.573. The number of nitrogens with zero attached hydrogens (tertiary/aromatic N) is 2. The lowest BCUT2D eigenvalue weighted by atomic mass is 9.78. The fourth-order valence-corrected chi connectivity index (χ4v) is 5.34. The molecule has 1 aromatic rings. The van der Waals surface area contributed by atoms with E-state index in [1.54, 1.807) is 0 Å². The Kier molecular flexibility index (Phi) is 5.19. The van der Waals surface area contributed by atoms with Crippen molar-refractivity contribution in [3.05, 3.63) is 29.8 Å². The predicted octanol–water partition coefficient (Wildman–Crippen LogP) is 2.87. The van der Waals surface area contributed by atoms with Gasteiger partial charge >= 0.3 is 6.09 Å². The number of para-hydroxylation sites is 1. The van der Waals surface area contributed by atoms with Crippen molar-refractivity contribution in [1.82, 2.24) is 15.1 Å². The third kappa shape index (κ3) is 3.68. The molecule has 3 aliphatic rings. The van der Waals surface area contributed by atoms with Gasteiger partial charge in [-0.3, -0.25) is 14.6 Å². The monoisotopic (exact) mass is 401 g/mol. The van der Waals surface area contributed by atoms with E-state index in [9.17, 15) is 14.7 Å². The number of benzene rings is 1. The summed E-state index contributed by atoms with van der Waals surface area (Å²) in [5, 5.41) is 13.2. The van der Waals surface area contributed by atoms with Gasteiger partial charge in [0.2, 0.25) is 5.91 Å². The SMILES string of the molecule is CC(C)(C)C1[C@@H]2CCCN2C[C@@H](C(=O)N[C@@H]2CCOc3ccccc32)N1C(=O)O. The molecule has 7 heteroatoms. The van der Waals surface area contributed by atoms with Crippen LogP contribution in [0.2, 0.25) is 0 Å². The third-order valence-electron chi connectivity index (χ3n) is 6.51. The minimum Gasteiger partial charge on any atom is -0.493 e. The molecule has 2 saturated heterocycles. The minimum atomic E-state index is -1.01. The van der Waals surface area contributed by atoms with Crippen LogP contribution >= 0.6 is 0 Å². The number of carbonyl (C=O) groups excluding carboxylic acids is 1. The van der Waals surface area contributed by atoms with E-state index in [-0.39, 0.29) is 29.4 Å². The molecule has 158 valence electrons. The first-order chi connectivity index (χ1) is 13.8. The maximum atomic E-state index is 13.4. The van der Waals surface area contributed by atoms with Gasteiger partial charge in [0.15, 0.2) is 0 Å². The van der Waals surface area contributed by atoms with Crippen LogP contribution in [-0.2, 0) is 4.79 Å². The first-order valence-electron chi connectivity index (χ1n) is 10.5. The zero-order chi connectivity index (χ0) is 20.8. The number of carboxylic acid groups (broad SMARTS) is 1. The van der Waals surface area contributed by atoms with Crippen LogP contribution in [0.15, 0.2) is 24.3 Å². The summed E-state index contributed by atoms with van der Waals surface area (Å²) >= 11 is 0. The van der Waals surface area contributed by atoms with Gasteiger partial charge in [0.25, 0.3) is 0 Å². The second-order valence-electron chi connectivity index (χ2n) is 9.46. The van der Waals surface area contributed by atoms with E-state index in [0.717, 1.165) is 30.7 Å². The Labute approximate surface area is 172 Å². The number of hydrogen-bond donors (Lipinski definition) is 2. The topological polar surface area (TPSA) is 82.1 Å². The minimum absolute atomic E-state index is 0.160. The van der Waals surface area contributed by atoms with Crippen LogP contribution in [0, 0.1) is 5.41 Å². The van der Waals surface area contributed by atoms with Crippen LogP contribution in [0.4, 0.5) is 4.79 Å². The molecule has 4 rings (SSSR count). The van der Waals surface area contributed by atoms with E-state index < -0.39 is 12.1 Å². The summed E-state index contributed by atoms with van der Waals surface area (Å²) in [4.78, 5) is 29.4. The molecular formula is C22H31N3O4. The molecule has 1 aromatic carbocycles. The van der Waals surface area contributed by atoms with Crippen molar-refractivity contribution in [1.29, 1.82) is 0 Å². The predicted molar refractivity (Wildman–Crippen MR) is 109 cm³/mol. The summed E-state index contributed by atoms with van der Waals surface area (Å²) in [6, 6.07) is 6.81. The number of ether oxygens (including phenoxy) is 1. The molecule has 29 heavy (non-hydrogen) atoms. The molecule has 7 nitrogen and oxygen atoms in total. The Bertz CT molecular complexity index is 791. The number of fused-ring (bicyclic) bond motifs is 2. The highest BCUT2D eigenvalue weighted by molar-refractivity contribution is 5.86. The van der Waals surface area contributed by atoms with E-state index in [4.69, 9.17) is 4.74 Å². The molecule has 3 aliphatic heterocycles. The molecule has 2 fully saturated rings. The van der Waals surface area contributed by atoms with Crippen LogP contribution in [0.1, 0.15) is 51.6 Å². The molecule has 3 heterocycles. The Balaban J connectivity index is 1.61. The first-order valence-corrected chi connectivity index (χ1v) is 10.5. The van der Waals surface area contributed by atoms with Crippen LogP contribution in [0.3, 0.4) is 0 Å². The zero-order valence-electron chi connectivity index (χ0n) is 17.4. The lowest BCUT2D eigenvalue weighted by Crippen LogP contribution is -2.70. The van der Waals surface area contributed by atoms with Gasteiger partial charge in [0.05, 0.1) is 18.7 Å². The Morgan fingerprint density at radius 1 is 1.21 bits per heavy atom. The van der Waals surface area contributed by atoms with Gasteiger partial charge in [-0.1, -0.05) is 39.0 Å². The van der Waals surface area contributed by atoms with E-state index >= 15 is 0 Å². The van der Waals surface area contributed by atoms with E-state index in [1.165, 1.54) is 4.90 Å². The largest absolute Gasteiger partial charge is 0.493 e. The van der Waals surface area contributed by atoms with Crippen molar-refractivity contribution in [2.45, 2.75) is 64.2 Å². The lowest BCUT2D eigenvalue weighted by molar-refractivity contribution is -0.134. The van der Waals surface area contributed by atoms with Gasteiger partial charge in [-0.15, -0.1) is 0 Å².